The molecule has 1 nitrogen and oxygen atoms in total. The van der Waals surface area contributed by atoms with Crippen molar-refractivity contribution in [3.05, 3.63) is 0 Å². The number of hydrogen-bond acceptors (Lipinski definition) is 2. The van der Waals surface area contributed by atoms with Gasteiger partial charge in [-0.05, 0) is 37.8 Å². The topological polar surface area (TPSA) is 12.0 Å². The maximum Gasteiger partial charge on any atom is 0.00386 e. The second kappa shape index (κ2) is 9.40. The Kier molecular flexibility index (Phi) is 9.64. The van der Waals surface area contributed by atoms with Gasteiger partial charge in [0.25, 0.3) is 0 Å². The van der Waals surface area contributed by atoms with Gasteiger partial charge in [0, 0.05) is 6.04 Å². The third-order valence-corrected chi connectivity index (χ3v) is 2.87. The van der Waals surface area contributed by atoms with Crippen LogP contribution in [0, 0.1) is 0 Å². The summed E-state index contributed by atoms with van der Waals surface area (Å²) >= 11 is 2.03. The molecular formula is C10H23NS. The van der Waals surface area contributed by atoms with Gasteiger partial charge in [0.15, 0.2) is 0 Å². The second-order valence-corrected chi connectivity index (χ2v) is 4.59. The van der Waals surface area contributed by atoms with Gasteiger partial charge in [-0.25, -0.2) is 0 Å². The highest BCUT2D eigenvalue weighted by molar-refractivity contribution is 7.99. The largest absolute Gasteiger partial charge is 0.314 e. The van der Waals surface area contributed by atoms with E-state index in [0.29, 0.717) is 6.04 Å². The monoisotopic (exact) mass is 189 g/mol. The molecule has 0 bridgehead atoms. The van der Waals surface area contributed by atoms with Gasteiger partial charge in [-0.15, -0.1) is 0 Å². The van der Waals surface area contributed by atoms with Gasteiger partial charge in [-0.3, -0.25) is 0 Å². The van der Waals surface area contributed by atoms with Gasteiger partial charge in [-0.2, -0.15) is 11.8 Å². The van der Waals surface area contributed by atoms with Crippen molar-refractivity contribution in [2.45, 2.75) is 46.1 Å². The van der Waals surface area contributed by atoms with E-state index in [-0.39, 0.29) is 0 Å². The zero-order valence-electron chi connectivity index (χ0n) is 8.73. The normalized spacial score (nSPS) is 13.2. The van der Waals surface area contributed by atoms with Crippen molar-refractivity contribution in [1.29, 1.82) is 0 Å². The molecule has 0 aromatic heterocycles. The fraction of sp³-hybridized carbons (Fsp3) is 1.00. The molecule has 0 spiro atoms. The lowest BCUT2D eigenvalue weighted by Crippen LogP contribution is -2.26. The Hall–Kier alpha value is 0.310. The first kappa shape index (κ1) is 12.3. The van der Waals surface area contributed by atoms with Crippen LogP contribution >= 0.6 is 11.8 Å². The molecule has 0 aromatic carbocycles. The van der Waals surface area contributed by atoms with Crippen LogP contribution in [0.25, 0.3) is 0 Å². The van der Waals surface area contributed by atoms with Gasteiger partial charge in [-0.1, -0.05) is 20.3 Å². The predicted octanol–water partition coefficient (Wildman–Crippen LogP) is 2.91. The van der Waals surface area contributed by atoms with E-state index in [4.69, 9.17) is 0 Å². The molecule has 0 amide bonds. The summed E-state index contributed by atoms with van der Waals surface area (Å²) in [5, 5.41) is 3.53. The molecule has 0 saturated heterocycles. The van der Waals surface area contributed by atoms with Gasteiger partial charge in [0.05, 0.1) is 0 Å². The zero-order valence-corrected chi connectivity index (χ0v) is 9.54. The first-order valence-corrected chi connectivity index (χ1v) is 6.27. The summed E-state index contributed by atoms with van der Waals surface area (Å²) in [6, 6.07) is 0.710. The van der Waals surface area contributed by atoms with Crippen molar-refractivity contribution in [3.8, 4) is 0 Å². The Bertz CT molecular complexity index is 85.9. The zero-order chi connectivity index (χ0) is 9.23. The van der Waals surface area contributed by atoms with Crippen LogP contribution in [-0.2, 0) is 0 Å². The summed E-state index contributed by atoms with van der Waals surface area (Å²) in [5.41, 5.74) is 0. The van der Waals surface area contributed by atoms with Crippen molar-refractivity contribution in [1.82, 2.24) is 5.32 Å². The minimum atomic E-state index is 0.710. The van der Waals surface area contributed by atoms with E-state index in [1.54, 1.807) is 0 Å². The van der Waals surface area contributed by atoms with E-state index in [1.807, 2.05) is 11.8 Å². The molecule has 2 heteroatoms. The summed E-state index contributed by atoms with van der Waals surface area (Å²) in [4.78, 5) is 0. The summed E-state index contributed by atoms with van der Waals surface area (Å²) < 4.78 is 0. The first-order chi connectivity index (χ1) is 5.81. The molecule has 0 aromatic rings. The molecule has 0 radical (unpaired) electrons. The molecule has 74 valence electrons. The highest BCUT2D eigenvalue weighted by atomic mass is 32.2. The SMILES string of the molecule is CCCC(C)NCCCSCC. The number of thioether (sulfide) groups is 1. The fourth-order valence-electron chi connectivity index (χ4n) is 1.20. The number of rotatable bonds is 8. The lowest BCUT2D eigenvalue weighted by Gasteiger charge is -2.11. The highest BCUT2D eigenvalue weighted by Gasteiger charge is 1.97. The molecule has 0 aliphatic carbocycles. The number of nitrogens with one attached hydrogen (secondary N) is 1. The quantitative estimate of drug-likeness (QED) is 0.589. The van der Waals surface area contributed by atoms with Crippen LogP contribution in [0.5, 0.6) is 0 Å². The van der Waals surface area contributed by atoms with Crippen molar-refractivity contribution in [2.75, 3.05) is 18.1 Å². The summed E-state index contributed by atoms with van der Waals surface area (Å²) in [5.74, 6) is 2.56. The highest BCUT2D eigenvalue weighted by Crippen LogP contribution is 2.00. The minimum absolute atomic E-state index is 0.710. The van der Waals surface area contributed by atoms with Crippen LogP contribution < -0.4 is 5.32 Å². The van der Waals surface area contributed by atoms with Crippen molar-refractivity contribution < 1.29 is 0 Å². The van der Waals surface area contributed by atoms with Crippen LogP contribution in [0.1, 0.15) is 40.0 Å². The Labute approximate surface area is 81.7 Å². The van der Waals surface area contributed by atoms with Crippen LogP contribution in [0.2, 0.25) is 0 Å². The van der Waals surface area contributed by atoms with Gasteiger partial charge in [0.2, 0.25) is 0 Å². The minimum Gasteiger partial charge on any atom is -0.314 e. The first-order valence-electron chi connectivity index (χ1n) is 5.12. The third kappa shape index (κ3) is 8.41. The van der Waals surface area contributed by atoms with Gasteiger partial charge in [0.1, 0.15) is 0 Å². The summed E-state index contributed by atoms with van der Waals surface area (Å²) in [6.07, 6.45) is 3.91. The van der Waals surface area contributed by atoms with Crippen molar-refractivity contribution >= 4 is 11.8 Å². The molecule has 0 saturated carbocycles. The average molecular weight is 189 g/mol. The molecule has 0 aliphatic rings. The summed E-state index contributed by atoms with van der Waals surface area (Å²) in [7, 11) is 0. The van der Waals surface area contributed by atoms with Gasteiger partial charge >= 0.3 is 0 Å². The molecule has 1 atom stereocenters. The lowest BCUT2D eigenvalue weighted by atomic mass is 10.2. The Morgan fingerprint density at radius 3 is 2.67 bits per heavy atom. The Morgan fingerprint density at radius 2 is 2.08 bits per heavy atom. The molecule has 1 unspecified atom stereocenters. The van der Waals surface area contributed by atoms with E-state index in [9.17, 15) is 0 Å². The molecule has 1 N–H and O–H groups in total. The third-order valence-electron chi connectivity index (χ3n) is 1.88. The molecule has 0 aliphatic heterocycles. The van der Waals surface area contributed by atoms with E-state index >= 15 is 0 Å². The lowest BCUT2D eigenvalue weighted by molar-refractivity contribution is 0.509. The van der Waals surface area contributed by atoms with Crippen molar-refractivity contribution in [2.24, 2.45) is 0 Å². The van der Waals surface area contributed by atoms with Crippen LogP contribution in [-0.4, -0.2) is 24.1 Å². The van der Waals surface area contributed by atoms with Gasteiger partial charge < -0.3 is 5.32 Å². The molecule has 0 rings (SSSR count). The smallest absolute Gasteiger partial charge is 0.00386 e. The Balaban J connectivity index is 2.97. The maximum atomic E-state index is 3.53. The molecular weight excluding hydrogens is 166 g/mol. The van der Waals surface area contributed by atoms with Crippen molar-refractivity contribution in [3.63, 3.8) is 0 Å². The second-order valence-electron chi connectivity index (χ2n) is 3.19. The van der Waals surface area contributed by atoms with Crippen LogP contribution in [0.3, 0.4) is 0 Å². The summed E-state index contributed by atoms with van der Waals surface area (Å²) in [6.45, 7) is 7.92. The number of hydrogen-bond donors (Lipinski definition) is 1. The predicted molar refractivity (Wildman–Crippen MR) is 60.0 cm³/mol. The fourth-order valence-corrected chi connectivity index (χ4v) is 1.84. The van der Waals surface area contributed by atoms with E-state index in [1.165, 1.54) is 37.3 Å². The Morgan fingerprint density at radius 1 is 1.33 bits per heavy atom. The maximum absolute atomic E-state index is 3.53. The van der Waals surface area contributed by atoms with Crippen LogP contribution in [0.15, 0.2) is 0 Å². The molecule has 0 fully saturated rings. The van der Waals surface area contributed by atoms with E-state index < -0.39 is 0 Å². The van der Waals surface area contributed by atoms with E-state index in [0.717, 1.165) is 0 Å². The molecule has 12 heavy (non-hydrogen) atoms. The van der Waals surface area contributed by atoms with Crippen LogP contribution in [0.4, 0.5) is 0 Å². The average Bonchev–Trinajstić information content (AvgIpc) is 2.05. The molecule has 0 heterocycles. The van der Waals surface area contributed by atoms with E-state index in [2.05, 4.69) is 26.1 Å². The standard InChI is InChI=1S/C10H23NS/c1-4-7-10(3)11-8-6-9-12-5-2/h10-11H,4-9H2,1-3H3.